The molecule has 0 fully saturated rings. The van der Waals surface area contributed by atoms with Crippen molar-refractivity contribution in [2.75, 3.05) is 12.4 Å². The van der Waals surface area contributed by atoms with Crippen molar-refractivity contribution in [1.82, 2.24) is 14.8 Å². The minimum Gasteiger partial charge on any atom is -0.464 e. The lowest BCUT2D eigenvalue weighted by molar-refractivity contribution is 0.0594. The third-order valence-electron chi connectivity index (χ3n) is 4.11. The SMILES string of the molecule is COC(=O)c1cc(NC(=O)c2cnn(C(C)(C)C)c2-c2ccc(F)cc2)c[nH]1. The zero-order valence-corrected chi connectivity index (χ0v) is 16.0. The number of carbonyl (C=O) groups excluding carboxylic acids is 2. The van der Waals surface area contributed by atoms with Crippen molar-refractivity contribution in [3.63, 3.8) is 0 Å². The fourth-order valence-corrected chi connectivity index (χ4v) is 2.80. The van der Waals surface area contributed by atoms with E-state index in [1.807, 2.05) is 20.8 Å². The van der Waals surface area contributed by atoms with Gasteiger partial charge in [-0.1, -0.05) is 0 Å². The quantitative estimate of drug-likeness (QED) is 0.670. The number of hydrogen-bond donors (Lipinski definition) is 2. The maximum atomic E-state index is 13.4. The Morgan fingerprint density at radius 3 is 2.50 bits per heavy atom. The average Bonchev–Trinajstić information content (AvgIpc) is 3.28. The highest BCUT2D eigenvalue weighted by Gasteiger charge is 2.25. The molecule has 1 amide bonds. The van der Waals surface area contributed by atoms with Gasteiger partial charge in [-0.05, 0) is 51.1 Å². The molecule has 3 rings (SSSR count). The van der Waals surface area contributed by atoms with Crippen molar-refractivity contribution in [3.05, 3.63) is 59.8 Å². The Morgan fingerprint density at radius 2 is 1.89 bits per heavy atom. The molecule has 0 aliphatic heterocycles. The molecule has 0 saturated carbocycles. The second-order valence-electron chi connectivity index (χ2n) is 7.24. The summed E-state index contributed by atoms with van der Waals surface area (Å²) in [6, 6.07) is 7.38. The third-order valence-corrected chi connectivity index (χ3v) is 4.11. The van der Waals surface area contributed by atoms with Crippen LogP contribution < -0.4 is 5.32 Å². The van der Waals surface area contributed by atoms with E-state index in [4.69, 9.17) is 0 Å². The molecule has 1 aromatic carbocycles. The molecule has 0 saturated heterocycles. The number of H-pyrrole nitrogens is 1. The number of ether oxygens (including phenoxy) is 1. The maximum Gasteiger partial charge on any atom is 0.354 e. The number of nitrogens with zero attached hydrogens (tertiary/aromatic N) is 2. The second-order valence-corrected chi connectivity index (χ2v) is 7.24. The Balaban J connectivity index is 1.98. The number of amides is 1. The molecule has 7 nitrogen and oxygen atoms in total. The molecule has 0 bridgehead atoms. The third kappa shape index (κ3) is 3.80. The summed E-state index contributed by atoms with van der Waals surface area (Å²) in [4.78, 5) is 27.2. The number of halogens is 1. The van der Waals surface area contributed by atoms with Gasteiger partial charge in [0.05, 0.1) is 35.8 Å². The van der Waals surface area contributed by atoms with Gasteiger partial charge in [0, 0.05) is 11.8 Å². The van der Waals surface area contributed by atoms with E-state index in [1.165, 1.54) is 37.7 Å². The van der Waals surface area contributed by atoms with Crippen molar-refractivity contribution < 1.29 is 18.7 Å². The molecule has 2 aromatic heterocycles. The van der Waals surface area contributed by atoms with Gasteiger partial charge in [0.15, 0.2) is 0 Å². The number of rotatable bonds is 4. The van der Waals surface area contributed by atoms with Crippen LogP contribution in [0, 0.1) is 5.82 Å². The number of esters is 1. The topological polar surface area (TPSA) is 89.0 Å². The van der Waals surface area contributed by atoms with Crippen molar-refractivity contribution in [3.8, 4) is 11.3 Å². The molecule has 8 heteroatoms. The molecule has 0 radical (unpaired) electrons. The molecule has 0 aliphatic carbocycles. The number of benzene rings is 1. The van der Waals surface area contributed by atoms with E-state index in [1.54, 1.807) is 16.8 Å². The van der Waals surface area contributed by atoms with Crippen LogP contribution in [-0.4, -0.2) is 33.8 Å². The van der Waals surface area contributed by atoms with Crippen LogP contribution in [0.3, 0.4) is 0 Å². The highest BCUT2D eigenvalue weighted by Crippen LogP contribution is 2.29. The first-order chi connectivity index (χ1) is 13.2. The number of nitrogens with one attached hydrogen (secondary N) is 2. The van der Waals surface area contributed by atoms with E-state index < -0.39 is 17.4 Å². The molecule has 2 N–H and O–H groups in total. The monoisotopic (exact) mass is 384 g/mol. The van der Waals surface area contributed by atoms with Crippen LogP contribution in [0.4, 0.5) is 10.1 Å². The van der Waals surface area contributed by atoms with Gasteiger partial charge in [-0.25, -0.2) is 9.18 Å². The summed E-state index contributed by atoms with van der Waals surface area (Å²) < 4.78 is 19.7. The summed E-state index contributed by atoms with van der Waals surface area (Å²) in [5, 5.41) is 7.11. The highest BCUT2D eigenvalue weighted by atomic mass is 19.1. The van der Waals surface area contributed by atoms with E-state index in [9.17, 15) is 14.0 Å². The second kappa shape index (κ2) is 7.30. The predicted molar refractivity (Wildman–Crippen MR) is 103 cm³/mol. The highest BCUT2D eigenvalue weighted by molar-refractivity contribution is 6.08. The molecule has 0 aliphatic rings. The van der Waals surface area contributed by atoms with Crippen molar-refractivity contribution >= 4 is 17.6 Å². The predicted octanol–water partition coefficient (Wildman–Crippen LogP) is 3.81. The number of methoxy groups -OCH3 is 1. The van der Waals surface area contributed by atoms with Gasteiger partial charge in [0.2, 0.25) is 0 Å². The fourth-order valence-electron chi connectivity index (χ4n) is 2.80. The molecular weight excluding hydrogens is 363 g/mol. The molecule has 0 unspecified atom stereocenters. The van der Waals surface area contributed by atoms with Crippen LogP contribution in [0.25, 0.3) is 11.3 Å². The van der Waals surface area contributed by atoms with Crippen molar-refractivity contribution in [2.45, 2.75) is 26.3 Å². The van der Waals surface area contributed by atoms with E-state index in [-0.39, 0.29) is 11.5 Å². The fraction of sp³-hybridized carbons (Fsp3) is 0.250. The lowest BCUT2D eigenvalue weighted by Gasteiger charge is -2.23. The molecule has 2 heterocycles. The van der Waals surface area contributed by atoms with Gasteiger partial charge in [-0.3, -0.25) is 9.48 Å². The molecule has 28 heavy (non-hydrogen) atoms. The van der Waals surface area contributed by atoms with Crippen LogP contribution >= 0.6 is 0 Å². The maximum absolute atomic E-state index is 13.4. The molecule has 3 aromatic rings. The van der Waals surface area contributed by atoms with Crippen LogP contribution in [0.5, 0.6) is 0 Å². The molecule has 146 valence electrons. The largest absolute Gasteiger partial charge is 0.464 e. The smallest absolute Gasteiger partial charge is 0.354 e. The van der Waals surface area contributed by atoms with Gasteiger partial charge in [-0.2, -0.15) is 5.10 Å². The number of carbonyl (C=O) groups is 2. The summed E-state index contributed by atoms with van der Waals surface area (Å²) in [6.07, 6.45) is 2.98. The minimum absolute atomic E-state index is 0.224. The Kier molecular flexibility index (Phi) is 5.04. The Labute approximate surface area is 161 Å². The minimum atomic E-state index is -0.534. The van der Waals surface area contributed by atoms with Gasteiger partial charge >= 0.3 is 5.97 Å². The van der Waals surface area contributed by atoms with Crippen LogP contribution in [0.2, 0.25) is 0 Å². The summed E-state index contributed by atoms with van der Waals surface area (Å²) in [5.41, 5.74) is 1.83. The van der Waals surface area contributed by atoms with Gasteiger partial charge in [0.25, 0.3) is 5.91 Å². The van der Waals surface area contributed by atoms with Crippen LogP contribution in [0.1, 0.15) is 41.6 Å². The number of hydrogen-bond acceptors (Lipinski definition) is 4. The first kappa shape index (κ1) is 19.3. The first-order valence-electron chi connectivity index (χ1n) is 8.63. The summed E-state index contributed by atoms with van der Waals surface area (Å²) in [6.45, 7) is 5.89. The van der Waals surface area contributed by atoms with E-state index >= 15 is 0 Å². The standard InChI is InChI=1S/C20H21FN4O3/c1-20(2,3)25-17(12-5-7-13(21)8-6-12)15(11-23-25)18(26)24-14-9-16(22-10-14)19(27)28-4/h5-11,22H,1-4H3,(H,24,26). The number of anilines is 1. The Hall–Kier alpha value is -3.42. The number of aromatic amines is 1. The first-order valence-corrected chi connectivity index (χ1v) is 8.63. The van der Waals surface area contributed by atoms with E-state index in [2.05, 4.69) is 20.1 Å². The van der Waals surface area contributed by atoms with Crippen molar-refractivity contribution in [2.24, 2.45) is 0 Å². The molecule has 0 atom stereocenters. The lowest BCUT2D eigenvalue weighted by atomic mass is 10.0. The van der Waals surface area contributed by atoms with Crippen molar-refractivity contribution in [1.29, 1.82) is 0 Å². The Morgan fingerprint density at radius 1 is 1.21 bits per heavy atom. The number of aromatic nitrogens is 3. The van der Waals surface area contributed by atoms with Gasteiger partial charge < -0.3 is 15.0 Å². The lowest BCUT2D eigenvalue weighted by Crippen LogP contribution is -2.24. The van der Waals surface area contributed by atoms with E-state index in [0.29, 0.717) is 22.5 Å². The zero-order chi connectivity index (χ0) is 20.5. The summed E-state index contributed by atoms with van der Waals surface area (Å²) in [5.74, 6) is -1.29. The normalized spacial score (nSPS) is 11.3. The summed E-state index contributed by atoms with van der Waals surface area (Å²) >= 11 is 0. The molecular formula is C20H21FN4O3. The van der Waals surface area contributed by atoms with Crippen LogP contribution in [0.15, 0.2) is 42.7 Å². The summed E-state index contributed by atoms with van der Waals surface area (Å²) in [7, 11) is 1.28. The zero-order valence-electron chi connectivity index (χ0n) is 16.0. The van der Waals surface area contributed by atoms with Gasteiger partial charge in [0.1, 0.15) is 11.5 Å². The Bertz CT molecular complexity index is 1010. The van der Waals surface area contributed by atoms with E-state index in [0.717, 1.165) is 0 Å². The average molecular weight is 384 g/mol. The van der Waals surface area contributed by atoms with Gasteiger partial charge in [-0.15, -0.1) is 0 Å². The van der Waals surface area contributed by atoms with Crippen LogP contribution in [-0.2, 0) is 10.3 Å². The molecule has 0 spiro atoms.